The zero-order valence-corrected chi connectivity index (χ0v) is 15.1. The second kappa shape index (κ2) is 8.11. The van der Waals surface area contributed by atoms with Crippen LogP contribution in [0.2, 0.25) is 0 Å². The lowest BCUT2D eigenvalue weighted by molar-refractivity contribution is -0.133. The molecule has 5 nitrogen and oxygen atoms in total. The predicted octanol–water partition coefficient (Wildman–Crippen LogP) is 1.92. The molecule has 0 saturated carbocycles. The van der Waals surface area contributed by atoms with Crippen molar-refractivity contribution in [3.8, 4) is 0 Å². The Morgan fingerprint density at radius 1 is 1.13 bits per heavy atom. The molecule has 1 unspecified atom stereocenters. The molecule has 0 fully saturated rings. The minimum atomic E-state index is -0.553. The lowest BCUT2D eigenvalue weighted by Crippen LogP contribution is -2.48. The number of hydrogen-bond acceptors (Lipinski definition) is 3. The van der Waals surface area contributed by atoms with Crippen LogP contribution in [0.5, 0.6) is 0 Å². The van der Waals surface area contributed by atoms with Crippen LogP contribution >= 0.6 is 0 Å². The Balaban J connectivity index is 2.61. The van der Waals surface area contributed by atoms with Gasteiger partial charge < -0.3 is 15.5 Å². The van der Waals surface area contributed by atoms with E-state index < -0.39 is 11.5 Å². The van der Waals surface area contributed by atoms with Crippen LogP contribution in [0.4, 0.5) is 0 Å². The molecular weight excluding hydrogens is 290 g/mol. The second-order valence-corrected chi connectivity index (χ2v) is 7.17. The molecule has 0 aliphatic carbocycles. The summed E-state index contributed by atoms with van der Waals surface area (Å²) < 4.78 is 0. The lowest BCUT2D eigenvalue weighted by Gasteiger charge is -2.21. The van der Waals surface area contributed by atoms with E-state index in [0.29, 0.717) is 6.54 Å². The van der Waals surface area contributed by atoms with Gasteiger partial charge in [0.15, 0.2) is 0 Å². The highest BCUT2D eigenvalue weighted by molar-refractivity contribution is 5.89. The van der Waals surface area contributed by atoms with Gasteiger partial charge in [0.05, 0.1) is 0 Å². The fraction of sp³-hybridized carbons (Fsp3) is 0.556. The minimum absolute atomic E-state index is 0.131. The Labute approximate surface area is 139 Å². The Kier molecular flexibility index (Phi) is 6.76. The van der Waals surface area contributed by atoms with E-state index in [1.54, 1.807) is 6.92 Å². The third-order valence-corrected chi connectivity index (χ3v) is 3.48. The number of rotatable bonds is 6. The van der Waals surface area contributed by atoms with E-state index in [9.17, 15) is 9.59 Å². The van der Waals surface area contributed by atoms with E-state index in [1.807, 2.05) is 53.1 Å². The van der Waals surface area contributed by atoms with Crippen molar-refractivity contribution in [2.45, 2.75) is 46.8 Å². The SMILES string of the molecule is CC(NC(=O)C(C)(C)C)C(=O)NCc1ccccc1CN(C)C. The fourth-order valence-electron chi connectivity index (χ4n) is 2.04. The molecule has 1 rings (SSSR count). The van der Waals surface area contributed by atoms with E-state index in [1.165, 1.54) is 5.56 Å². The first-order valence-electron chi connectivity index (χ1n) is 7.91. The topological polar surface area (TPSA) is 61.4 Å². The summed E-state index contributed by atoms with van der Waals surface area (Å²) >= 11 is 0. The number of nitrogens with zero attached hydrogens (tertiary/aromatic N) is 1. The van der Waals surface area contributed by atoms with Gasteiger partial charge in [0.1, 0.15) is 6.04 Å². The third kappa shape index (κ3) is 6.40. The Morgan fingerprint density at radius 3 is 2.22 bits per heavy atom. The molecule has 1 aromatic rings. The minimum Gasteiger partial charge on any atom is -0.350 e. The first-order valence-corrected chi connectivity index (χ1v) is 7.91. The molecule has 0 bridgehead atoms. The maximum Gasteiger partial charge on any atom is 0.242 e. The molecule has 0 saturated heterocycles. The second-order valence-electron chi connectivity index (χ2n) is 7.17. The number of amides is 2. The van der Waals surface area contributed by atoms with Crippen molar-refractivity contribution in [1.82, 2.24) is 15.5 Å². The maximum absolute atomic E-state index is 12.2. The van der Waals surface area contributed by atoms with Crippen LogP contribution in [0.1, 0.15) is 38.8 Å². The Morgan fingerprint density at radius 2 is 1.70 bits per heavy atom. The number of hydrogen-bond donors (Lipinski definition) is 2. The third-order valence-electron chi connectivity index (χ3n) is 3.48. The summed E-state index contributed by atoms with van der Waals surface area (Å²) in [7, 11) is 4.03. The normalized spacial score (nSPS) is 12.8. The Hall–Kier alpha value is -1.88. The van der Waals surface area contributed by atoms with E-state index in [4.69, 9.17) is 0 Å². The van der Waals surface area contributed by atoms with Gasteiger partial charge in [-0.2, -0.15) is 0 Å². The molecule has 0 aliphatic rings. The van der Waals surface area contributed by atoms with Crippen molar-refractivity contribution in [3.63, 3.8) is 0 Å². The summed E-state index contributed by atoms with van der Waals surface area (Å²) in [6.07, 6.45) is 0. The van der Waals surface area contributed by atoms with Crippen molar-refractivity contribution >= 4 is 11.8 Å². The van der Waals surface area contributed by atoms with Crippen LogP contribution < -0.4 is 10.6 Å². The van der Waals surface area contributed by atoms with Crippen LogP contribution in [-0.2, 0) is 22.7 Å². The van der Waals surface area contributed by atoms with Crippen molar-refractivity contribution in [1.29, 1.82) is 0 Å². The van der Waals surface area contributed by atoms with Crippen LogP contribution in [-0.4, -0.2) is 36.9 Å². The highest BCUT2D eigenvalue weighted by Gasteiger charge is 2.24. The monoisotopic (exact) mass is 319 g/mol. The van der Waals surface area contributed by atoms with Crippen molar-refractivity contribution in [2.75, 3.05) is 14.1 Å². The highest BCUT2D eigenvalue weighted by Crippen LogP contribution is 2.13. The molecule has 1 aromatic carbocycles. The predicted molar refractivity (Wildman–Crippen MR) is 92.7 cm³/mol. The van der Waals surface area contributed by atoms with Crippen LogP contribution in [0, 0.1) is 5.41 Å². The molecular formula is C18H29N3O2. The highest BCUT2D eigenvalue weighted by atomic mass is 16.2. The number of carbonyl (C=O) groups excluding carboxylic acids is 2. The molecule has 1 atom stereocenters. The summed E-state index contributed by atoms with van der Waals surface area (Å²) in [5.74, 6) is -0.310. The molecule has 23 heavy (non-hydrogen) atoms. The molecule has 0 spiro atoms. The summed E-state index contributed by atoms with van der Waals surface area (Å²) in [6.45, 7) is 8.45. The maximum atomic E-state index is 12.2. The molecule has 2 N–H and O–H groups in total. The van der Waals surface area contributed by atoms with E-state index in [0.717, 1.165) is 12.1 Å². The summed E-state index contributed by atoms with van der Waals surface area (Å²) in [5, 5.41) is 5.64. The van der Waals surface area contributed by atoms with Crippen molar-refractivity contribution < 1.29 is 9.59 Å². The van der Waals surface area contributed by atoms with Gasteiger partial charge in [-0.25, -0.2) is 0 Å². The molecule has 0 heterocycles. The van der Waals surface area contributed by atoms with Gasteiger partial charge in [-0.05, 0) is 32.1 Å². The first kappa shape index (κ1) is 19.2. The summed E-state index contributed by atoms with van der Waals surface area (Å²) in [6, 6.07) is 7.48. The van der Waals surface area contributed by atoms with Crippen LogP contribution in [0.3, 0.4) is 0 Å². The number of benzene rings is 1. The lowest BCUT2D eigenvalue weighted by atomic mass is 9.95. The Bertz CT molecular complexity index is 547. The van der Waals surface area contributed by atoms with Gasteiger partial charge in [-0.3, -0.25) is 9.59 Å². The van der Waals surface area contributed by atoms with E-state index in [2.05, 4.69) is 21.6 Å². The van der Waals surface area contributed by atoms with Gasteiger partial charge in [0, 0.05) is 18.5 Å². The summed E-state index contributed by atoms with van der Waals surface area (Å²) in [4.78, 5) is 26.2. The molecule has 0 aliphatic heterocycles. The number of nitrogens with one attached hydrogen (secondary N) is 2. The van der Waals surface area contributed by atoms with Gasteiger partial charge in [0.2, 0.25) is 11.8 Å². The van der Waals surface area contributed by atoms with Gasteiger partial charge in [-0.1, -0.05) is 45.0 Å². The number of carbonyl (C=O) groups is 2. The molecule has 5 heteroatoms. The average molecular weight is 319 g/mol. The van der Waals surface area contributed by atoms with E-state index >= 15 is 0 Å². The average Bonchev–Trinajstić information content (AvgIpc) is 2.44. The molecule has 0 radical (unpaired) electrons. The van der Waals surface area contributed by atoms with Crippen LogP contribution in [0.15, 0.2) is 24.3 Å². The standard InChI is InChI=1S/C18H29N3O2/c1-13(20-17(23)18(2,3)4)16(22)19-11-14-9-7-8-10-15(14)12-21(5)6/h7-10,13H,11-12H2,1-6H3,(H,19,22)(H,20,23). The molecule has 2 amide bonds. The quantitative estimate of drug-likeness (QED) is 0.842. The first-order chi connectivity index (χ1) is 10.6. The van der Waals surface area contributed by atoms with E-state index in [-0.39, 0.29) is 11.8 Å². The zero-order valence-electron chi connectivity index (χ0n) is 15.1. The zero-order chi connectivity index (χ0) is 17.6. The van der Waals surface area contributed by atoms with Crippen LogP contribution in [0.25, 0.3) is 0 Å². The van der Waals surface area contributed by atoms with Crippen molar-refractivity contribution in [3.05, 3.63) is 35.4 Å². The van der Waals surface area contributed by atoms with Crippen molar-refractivity contribution in [2.24, 2.45) is 5.41 Å². The van der Waals surface area contributed by atoms with Gasteiger partial charge in [0.25, 0.3) is 0 Å². The molecule has 0 aromatic heterocycles. The fourth-order valence-corrected chi connectivity index (χ4v) is 2.04. The van der Waals surface area contributed by atoms with Gasteiger partial charge in [-0.15, -0.1) is 0 Å². The largest absolute Gasteiger partial charge is 0.350 e. The summed E-state index contributed by atoms with van der Waals surface area (Å²) in [5.41, 5.74) is 1.76. The molecule has 128 valence electrons. The smallest absolute Gasteiger partial charge is 0.242 e. The van der Waals surface area contributed by atoms with Gasteiger partial charge >= 0.3 is 0 Å².